The van der Waals surface area contributed by atoms with E-state index in [4.69, 9.17) is 9.84 Å². The molecule has 0 fully saturated rings. The number of unbranched alkanes of at least 4 members (excludes halogenated alkanes) is 16. The van der Waals surface area contributed by atoms with Crippen molar-refractivity contribution in [1.29, 1.82) is 0 Å². The molecule has 0 bridgehead atoms. The molecule has 0 aromatic heterocycles. The number of rotatable bonds is 21. The highest BCUT2D eigenvalue weighted by Gasteiger charge is 1.95. The van der Waals surface area contributed by atoms with E-state index in [-0.39, 0.29) is 6.61 Å². The number of hydrogen-bond acceptors (Lipinski definition) is 2. The van der Waals surface area contributed by atoms with Gasteiger partial charge in [0.25, 0.3) is 0 Å². The molecule has 146 valence electrons. The lowest BCUT2D eigenvalue weighted by atomic mass is 10.0. The summed E-state index contributed by atoms with van der Waals surface area (Å²) in [6, 6.07) is 0. The van der Waals surface area contributed by atoms with Gasteiger partial charge in [0.2, 0.25) is 0 Å². The van der Waals surface area contributed by atoms with Crippen LogP contribution in [0.3, 0.4) is 0 Å². The first-order chi connectivity index (χ1) is 11.9. The summed E-state index contributed by atoms with van der Waals surface area (Å²) in [6.07, 6.45) is 24.8. The van der Waals surface area contributed by atoms with Gasteiger partial charge < -0.3 is 9.84 Å². The lowest BCUT2D eigenvalue weighted by Crippen LogP contribution is -1.98. The predicted molar refractivity (Wildman–Crippen MR) is 107 cm³/mol. The molecule has 0 aliphatic rings. The van der Waals surface area contributed by atoms with E-state index in [1.807, 2.05) is 0 Å². The van der Waals surface area contributed by atoms with Crippen molar-refractivity contribution in [2.24, 2.45) is 0 Å². The largest absolute Gasteiger partial charge is 0.396 e. The smallest absolute Gasteiger partial charge is 0.0487 e. The zero-order chi connectivity index (χ0) is 17.6. The average molecular weight is 343 g/mol. The lowest BCUT2D eigenvalue weighted by Gasteiger charge is -2.04. The Balaban J connectivity index is 2.93. The minimum absolute atomic E-state index is 0.249. The quantitative estimate of drug-likeness (QED) is 0.227. The molecule has 24 heavy (non-hydrogen) atoms. The van der Waals surface area contributed by atoms with Crippen molar-refractivity contribution in [2.75, 3.05) is 19.8 Å². The fourth-order valence-electron chi connectivity index (χ4n) is 3.20. The van der Waals surface area contributed by atoms with Crippen LogP contribution >= 0.6 is 0 Å². The van der Waals surface area contributed by atoms with Crippen LogP contribution in [-0.4, -0.2) is 24.9 Å². The Bertz CT molecular complexity index is 184. The highest BCUT2D eigenvalue weighted by atomic mass is 16.5. The third kappa shape index (κ3) is 21.9. The normalized spacial score (nSPS) is 11.2. The van der Waals surface area contributed by atoms with Crippen molar-refractivity contribution < 1.29 is 9.84 Å². The van der Waals surface area contributed by atoms with Crippen LogP contribution in [0, 0.1) is 0 Å². The standard InChI is InChI=1S/C22H46O2/c1-2-3-4-5-6-7-8-9-10-11-12-13-14-15-16-17-18-21-24-22-19-20-23/h23H,2-22H2,1H3. The van der Waals surface area contributed by atoms with Crippen LogP contribution in [0.1, 0.15) is 122 Å². The van der Waals surface area contributed by atoms with Crippen LogP contribution < -0.4 is 0 Å². The maximum atomic E-state index is 8.64. The summed E-state index contributed by atoms with van der Waals surface area (Å²) in [7, 11) is 0. The van der Waals surface area contributed by atoms with Gasteiger partial charge in [0, 0.05) is 19.8 Å². The molecule has 2 heteroatoms. The van der Waals surface area contributed by atoms with Crippen LogP contribution in [-0.2, 0) is 4.74 Å². The first kappa shape index (κ1) is 23.9. The molecule has 0 aliphatic carbocycles. The van der Waals surface area contributed by atoms with E-state index in [1.165, 1.54) is 109 Å². The van der Waals surface area contributed by atoms with Crippen molar-refractivity contribution in [2.45, 2.75) is 122 Å². The molecule has 0 amide bonds. The number of aliphatic hydroxyl groups is 1. The Labute approximate surface area is 152 Å². The molecule has 0 unspecified atom stereocenters. The Morgan fingerprint density at radius 3 is 1.17 bits per heavy atom. The second-order valence-corrected chi connectivity index (χ2v) is 7.35. The minimum atomic E-state index is 0.249. The summed E-state index contributed by atoms with van der Waals surface area (Å²) in [6.45, 7) is 4.13. The first-order valence-corrected chi connectivity index (χ1v) is 11.1. The maximum Gasteiger partial charge on any atom is 0.0487 e. The van der Waals surface area contributed by atoms with Crippen LogP contribution in [0.25, 0.3) is 0 Å². The third-order valence-electron chi connectivity index (χ3n) is 4.84. The summed E-state index contributed by atoms with van der Waals surface area (Å²) in [5, 5.41) is 8.64. The van der Waals surface area contributed by atoms with Gasteiger partial charge in [0.05, 0.1) is 0 Å². The van der Waals surface area contributed by atoms with Crippen molar-refractivity contribution >= 4 is 0 Å². The van der Waals surface area contributed by atoms with Crippen molar-refractivity contribution in [3.05, 3.63) is 0 Å². The second kappa shape index (κ2) is 22.9. The van der Waals surface area contributed by atoms with Crippen LogP contribution in [0.2, 0.25) is 0 Å². The molecule has 0 saturated heterocycles. The molecule has 0 aliphatic heterocycles. The predicted octanol–water partition coefficient (Wildman–Crippen LogP) is 7.04. The van der Waals surface area contributed by atoms with Gasteiger partial charge in [-0.15, -0.1) is 0 Å². The Kier molecular flexibility index (Phi) is 22.8. The molecule has 0 spiro atoms. The lowest BCUT2D eigenvalue weighted by molar-refractivity contribution is 0.112. The Morgan fingerprint density at radius 1 is 0.458 bits per heavy atom. The Hall–Kier alpha value is -0.0800. The molecule has 0 heterocycles. The molecule has 0 atom stereocenters. The summed E-state index contributed by atoms with van der Waals surface area (Å²) < 4.78 is 5.44. The zero-order valence-electron chi connectivity index (χ0n) is 16.7. The van der Waals surface area contributed by atoms with E-state index in [2.05, 4.69) is 6.92 Å². The third-order valence-corrected chi connectivity index (χ3v) is 4.84. The van der Waals surface area contributed by atoms with Gasteiger partial charge >= 0.3 is 0 Å². The van der Waals surface area contributed by atoms with E-state index in [0.717, 1.165) is 19.6 Å². The summed E-state index contributed by atoms with van der Waals surface area (Å²) >= 11 is 0. The van der Waals surface area contributed by atoms with E-state index in [9.17, 15) is 0 Å². The van der Waals surface area contributed by atoms with Gasteiger partial charge in [0.15, 0.2) is 0 Å². The van der Waals surface area contributed by atoms with Gasteiger partial charge in [-0.25, -0.2) is 0 Å². The van der Waals surface area contributed by atoms with Gasteiger partial charge in [-0.3, -0.25) is 0 Å². The average Bonchev–Trinajstić information content (AvgIpc) is 2.60. The first-order valence-electron chi connectivity index (χ1n) is 11.1. The molecule has 0 aromatic carbocycles. The molecule has 0 rings (SSSR count). The van der Waals surface area contributed by atoms with Crippen LogP contribution in [0.4, 0.5) is 0 Å². The fourth-order valence-corrected chi connectivity index (χ4v) is 3.20. The monoisotopic (exact) mass is 342 g/mol. The summed E-state index contributed by atoms with van der Waals surface area (Å²) in [5.74, 6) is 0. The molecule has 1 N–H and O–H groups in total. The molecule has 0 radical (unpaired) electrons. The van der Waals surface area contributed by atoms with Crippen molar-refractivity contribution in [3.63, 3.8) is 0 Å². The van der Waals surface area contributed by atoms with Crippen molar-refractivity contribution in [1.82, 2.24) is 0 Å². The summed E-state index contributed by atoms with van der Waals surface area (Å²) in [5.41, 5.74) is 0. The van der Waals surface area contributed by atoms with Crippen molar-refractivity contribution in [3.8, 4) is 0 Å². The van der Waals surface area contributed by atoms with Crippen LogP contribution in [0.5, 0.6) is 0 Å². The van der Waals surface area contributed by atoms with Gasteiger partial charge in [0.1, 0.15) is 0 Å². The SMILES string of the molecule is CCCCCCCCCCCCCCCCCCCOCCCO. The van der Waals surface area contributed by atoms with E-state index in [1.54, 1.807) is 0 Å². The molecule has 0 saturated carbocycles. The van der Waals surface area contributed by atoms with E-state index < -0.39 is 0 Å². The molecular formula is C22H46O2. The van der Waals surface area contributed by atoms with Crippen LogP contribution in [0.15, 0.2) is 0 Å². The van der Waals surface area contributed by atoms with E-state index >= 15 is 0 Å². The molecular weight excluding hydrogens is 296 g/mol. The van der Waals surface area contributed by atoms with Gasteiger partial charge in [-0.05, 0) is 12.8 Å². The number of hydrogen-bond donors (Lipinski definition) is 1. The second-order valence-electron chi connectivity index (χ2n) is 7.35. The fraction of sp³-hybridized carbons (Fsp3) is 1.00. The maximum absolute atomic E-state index is 8.64. The number of ether oxygens (including phenoxy) is 1. The highest BCUT2D eigenvalue weighted by Crippen LogP contribution is 2.13. The topological polar surface area (TPSA) is 29.5 Å². The Morgan fingerprint density at radius 2 is 0.792 bits per heavy atom. The zero-order valence-corrected chi connectivity index (χ0v) is 16.7. The minimum Gasteiger partial charge on any atom is -0.396 e. The molecule has 0 aromatic rings. The molecule has 2 nitrogen and oxygen atoms in total. The highest BCUT2D eigenvalue weighted by molar-refractivity contribution is 4.50. The van der Waals surface area contributed by atoms with Gasteiger partial charge in [-0.1, -0.05) is 110 Å². The number of aliphatic hydroxyl groups excluding tert-OH is 1. The summed E-state index contributed by atoms with van der Waals surface area (Å²) in [4.78, 5) is 0. The van der Waals surface area contributed by atoms with E-state index in [0.29, 0.717) is 0 Å². The van der Waals surface area contributed by atoms with Gasteiger partial charge in [-0.2, -0.15) is 0 Å².